The van der Waals surface area contributed by atoms with Gasteiger partial charge in [-0.25, -0.2) is 0 Å². The van der Waals surface area contributed by atoms with Crippen molar-refractivity contribution in [1.29, 1.82) is 0 Å². The average Bonchev–Trinajstić information content (AvgIpc) is 2.97. The Balaban J connectivity index is 1.93. The Hall–Kier alpha value is -2.04. The molecule has 24 heavy (non-hydrogen) atoms. The molecule has 1 aromatic carbocycles. The summed E-state index contributed by atoms with van der Waals surface area (Å²) in [7, 11) is 2.12. The lowest BCUT2D eigenvalue weighted by molar-refractivity contribution is 0.646. The van der Waals surface area contributed by atoms with Crippen molar-refractivity contribution in [2.24, 2.45) is 16.6 Å². The zero-order valence-electron chi connectivity index (χ0n) is 13.7. The molecule has 2 aromatic rings. The summed E-state index contributed by atoms with van der Waals surface area (Å²) >= 11 is 6.30. The van der Waals surface area contributed by atoms with E-state index >= 15 is 0 Å². The molecule has 0 fully saturated rings. The van der Waals surface area contributed by atoms with E-state index < -0.39 is 0 Å². The molecule has 1 aliphatic heterocycles. The largest absolute Gasteiger partial charge is 0.353 e. The SMILES string of the molecule is CN1c2[nH]c3ccccc3c2C(=NCCCN)C2C=C(Cl)C=CC21. The van der Waals surface area contributed by atoms with Crippen molar-refractivity contribution in [2.75, 3.05) is 25.0 Å². The Morgan fingerprint density at radius 1 is 1.33 bits per heavy atom. The first-order valence-electron chi connectivity index (χ1n) is 8.34. The number of anilines is 1. The van der Waals surface area contributed by atoms with Crippen LogP contribution in [-0.2, 0) is 0 Å². The van der Waals surface area contributed by atoms with Gasteiger partial charge in [-0.3, -0.25) is 4.99 Å². The van der Waals surface area contributed by atoms with Gasteiger partial charge in [-0.15, -0.1) is 0 Å². The van der Waals surface area contributed by atoms with E-state index in [9.17, 15) is 0 Å². The quantitative estimate of drug-likeness (QED) is 0.841. The molecular weight excluding hydrogens is 320 g/mol. The van der Waals surface area contributed by atoms with Gasteiger partial charge in [0.2, 0.25) is 0 Å². The van der Waals surface area contributed by atoms with Crippen LogP contribution in [0.2, 0.25) is 0 Å². The Morgan fingerprint density at radius 2 is 2.17 bits per heavy atom. The third-order valence-corrected chi connectivity index (χ3v) is 5.11. The molecule has 2 aliphatic rings. The number of halogens is 1. The first-order chi connectivity index (χ1) is 11.7. The fourth-order valence-electron chi connectivity index (χ4n) is 3.69. The summed E-state index contributed by atoms with van der Waals surface area (Å²) in [4.78, 5) is 10.8. The van der Waals surface area contributed by atoms with E-state index in [1.165, 1.54) is 10.9 Å². The van der Waals surface area contributed by atoms with Crippen LogP contribution in [0.25, 0.3) is 10.9 Å². The molecule has 0 saturated carbocycles. The summed E-state index contributed by atoms with van der Waals surface area (Å²) in [6.07, 6.45) is 7.15. The lowest BCUT2D eigenvalue weighted by atomic mass is 9.82. The summed E-state index contributed by atoms with van der Waals surface area (Å²) in [5.74, 6) is 1.29. The minimum atomic E-state index is 0.164. The number of hydrogen-bond acceptors (Lipinski definition) is 3. The molecule has 0 saturated heterocycles. The Bertz CT molecular complexity index is 861. The third kappa shape index (κ3) is 2.38. The van der Waals surface area contributed by atoms with Crippen molar-refractivity contribution >= 4 is 34.0 Å². The molecule has 124 valence electrons. The minimum absolute atomic E-state index is 0.164. The number of allylic oxidation sites excluding steroid dienone is 2. The molecule has 4 rings (SSSR count). The predicted octanol–water partition coefficient (Wildman–Crippen LogP) is 3.43. The molecule has 5 heteroatoms. The Kier molecular flexibility index (Phi) is 3.94. The Morgan fingerprint density at radius 3 is 3.00 bits per heavy atom. The van der Waals surface area contributed by atoms with Crippen molar-refractivity contribution < 1.29 is 0 Å². The topological polar surface area (TPSA) is 57.4 Å². The Labute approximate surface area is 146 Å². The highest BCUT2D eigenvalue weighted by Crippen LogP contribution is 2.40. The van der Waals surface area contributed by atoms with Crippen LogP contribution < -0.4 is 10.6 Å². The summed E-state index contributed by atoms with van der Waals surface area (Å²) in [5, 5.41) is 1.99. The van der Waals surface area contributed by atoms with Gasteiger partial charge in [0.1, 0.15) is 5.82 Å². The van der Waals surface area contributed by atoms with Gasteiger partial charge in [0.05, 0.1) is 11.8 Å². The van der Waals surface area contributed by atoms with Crippen LogP contribution in [0.15, 0.2) is 52.5 Å². The van der Waals surface area contributed by atoms with Gasteiger partial charge >= 0.3 is 0 Å². The maximum absolute atomic E-state index is 6.30. The van der Waals surface area contributed by atoms with E-state index in [1.54, 1.807) is 0 Å². The molecule has 1 aromatic heterocycles. The van der Waals surface area contributed by atoms with Crippen LogP contribution in [-0.4, -0.2) is 36.9 Å². The van der Waals surface area contributed by atoms with E-state index in [1.807, 2.05) is 6.08 Å². The van der Waals surface area contributed by atoms with Crippen molar-refractivity contribution in [3.8, 4) is 0 Å². The number of para-hydroxylation sites is 1. The molecule has 0 radical (unpaired) electrons. The highest BCUT2D eigenvalue weighted by Gasteiger charge is 2.38. The van der Waals surface area contributed by atoms with Crippen molar-refractivity contribution in [3.05, 3.63) is 53.1 Å². The first-order valence-corrected chi connectivity index (χ1v) is 8.72. The average molecular weight is 341 g/mol. The van der Waals surface area contributed by atoms with Crippen LogP contribution in [0.5, 0.6) is 0 Å². The van der Waals surface area contributed by atoms with Gasteiger partial charge in [0, 0.05) is 41.0 Å². The van der Waals surface area contributed by atoms with E-state index in [0.29, 0.717) is 6.54 Å². The minimum Gasteiger partial charge on any atom is -0.353 e. The van der Waals surface area contributed by atoms with E-state index in [2.05, 4.69) is 53.3 Å². The molecule has 2 unspecified atom stereocenters. The number of likely N-dealkylation sites (N-methyl/N-ethyl adjacent to an activating group) is 1. The number of aromatic amines is 1. The molecule has 2 atom stereocenters. The van der Waals surface area contributed by atoms with Gasteiger partial charge < -0.3 is 15.6 Å². The summed E-state index contributed by atoms with van der Waals surface area (Å²) in [6.45, 7) is 1.40. The number of hydrogen-bond donors (Lipinski definition) is 2. The highest BCUT2D eigenvalue weighted by atomic mass is 35.5. The van der Waals surface area contributed by atoms with Gasteiger partial charge in [-0.1, -0.05) is 42.0 Å². The second kappa shape index (κ2) is 6.11. The van der Waals surface area contributed by atoms with Gasteiger partial charge in [0.15, 0.2) is 0 Å². The number of nitrogens with one attached hydrogen (secondary N) is 1. The maximum atomic E-state index is 6.30. The highest BCUT2D eigenvalue weighted by molar-refractivity contribution is 6.32. The molecule has 0 spiro atoms. The number of H-pyrrole nitrogens is 1. The number of nitrogens with two attached hydrogens (primary N) is 1. The number of aromatic nitrogens is 1. The molecule has 3 N–H and O–H groups in total. The normalized spacial score (nSPS) is 24.2. The van der Waals surface area contributed by atoms with Crippen LogP contribution >= 0.6 is 11.6 Å². The maximum Gasteiger partial charge on any atom is 0.116 e. The molecule has 0 amide bonds. The lowest BCUT2D eigenvalue weighted by Crippen LogP contribution is -2.45. The van der Waals surface area contributed by atoms with Crippen LogP contribution in [0.3, 0.4) is 0 Å². The van der Waals surface area contributed by atoms with Crippen LogP contribution in [0.4, 0.5) is 5.82 Å². The van der Waals surface area contributed by atoms with Crippen molar-refractivity contribution in [2.45, 2.75) is 12.5 Å². The summed E-state index contributed by atoms with van der Waals surface area (Å²) < 4.78 is 0. The van der Waals surface area contributed by atoms with Crippen LogP contribution in [0.1, 0.15) is 12.0 Å². The zero-order valence-corrected chi connectivity index (χ0v) is 14.4. The smallest absolute Gasteiger partial charge is 0.116 e. The van der Waals surface area contributed by atoms with Gasteiger partial charge in [-0.2, -0.15) is 0 Å². The molecule has 0 bridgehead atoms. The summed E-state index contributed by atoms with van der Waals surface area (Å²) in [6, 6.07) is 8.62. The second-order valence-corrected chi connectivity index (χ2v) is 6.78. The second-order valence-electron chi connectivity index (χ2n) is 6.34. The number of aliphatic imine (C=N–C) groups is 1. The van der Waals surface area contributed by atoms with Gasteiger partial charge in [0.25, 0.3) is 0 Å². The molecule has 2 heterocycles. The predicted molar refractivity (Wildman–Crippen MR) is 102 cm³/mol. The molecular formula is C19H21ClN4. The number of fused-ring (bicyclic) bond motifs is 4. The monoisotopic (exact) mass is 340 g/mol. The van der Waals surface area contributed by atoms with E-state index in [-0.39, 0.29) is 12.0 Å². The fourth-order valence-corrected chi connectivity index (χ4v) is 3.90. The molecule has 1 aliphatic carbocycles. The zero-order chi connectivity index (χ0) is 16.7. The standard InChI is InChI=1S/C19H21ClN4/c1-24-16-8-7-12(20)11-14(16)18(22-10-4-9-21)17-13-5-2-3-6-15(13)23-19(17)24/h2-3,5-8,11,14,16,23H,4,9-10,21H2,1H3. The molecule has 4 nitrogen and oxygen atoms in total. The first kappa shape index (κ1) is 15.5. The number of benzene rings is 1. The number of rotatable bonds is 3. The van der Waals surface area contributed by atoms with E-state index in [0.717, 1.165) is 35.0 Å². The van der Waals surface area contributed by atoms with Crippen molar-refractivity contribution in [1.82, 2.24) is 4.98 Å². The van der Waals surface area contributed by atoms with Gasteiger partial charge in [-0.05, 0) is 25.1 Å². The van der Waals surface area contributed by atoms with E-state index in [4.69, 9.17) is 22.3 Å². The lowest BCUT2D eigenvalue weighted by Gasteiger charge is -2.39. The number of nitrogens with zero attached hydrogens (tertiary/aromatic N) is 2. The van der Waals surface area contributed by atoms with Crippen LogP contribution in [0, 0.1) is 5.92 Å². The third-order valence-electron chi connectivity index (χ3n) is 4.86. The van der Waals surface area contributed by atoms with Crippen molar-refractivity contribution in [3.63, 3.8) is 0 Å². The fraction of sp³-hybridized carbons (Fsp3) is 0.316. The summed E-state index contributed by atoms with van der Waals surface area (Å²) in [5.41, 5.74) is 9.10.